The van der Waals surface area contributed by atoms with E-state index in [1.165, 1.54) is 25.7 Å². The van der Waals surface area contributed by atoms with Gasteiger partial charge in [-0.3, -0.25) is 4.79 Å². The summed E-state index contributed by atoms with van der Waals surface area (Å²) >= 11 is 0. The summed E-state index contributed by atoms with van der Waals surface area (Å²) in [4.78, 5) is 12.3. The molecule has 3 rings (SSSR count). The fraction of sp³-hybridized carbons (Fsp3) is 0.857. The summed E-state index contributed by atoms with van der Waals surface area (Å²) in [5.41, 5.74) is 0. The first kappa shape index (κ1) is 18.0. The molecule has 3 fully saturated rings. The molecule has 3 aliphatic rings. The zero-order chi connectivity index (χ0) is 17.1. The number of ketones is 1. The van der Waals surface area contributed by atoms with Gasteiger partial charge in [-0.2, -0.15) is 0 Å². The van der Waals surface area contributed by atoms with Gasteiger partial charge in [0.25, 0.3) is 0 Å². The number of hydrogen-bond donors (Lipinski definition) is 2. The minimum atomic E-state index is -0.578. The van der Waals surface area contributed by atoms with Crippen molar-refractivity contribution in [3.8, 4) is 11.8 Å². The van der Waals surface area contributed by atoms with E-state index < -0.39 is 12.2 Å². The van der Waals surface area contributed by atoms with Crippen LogP contribution in [0.4, 0.5) is 0 Å². The van der Waals surface area contributed by atoms with Crippen LogP contribution in [0, 0.1) is 41.4 Å². The second-order valence-corrected chi connectivity index (χ2v) is 8.20. The summed E-state index contributed by atoms with van der Waals surface area (Å²) in [6.45, 7) is 2.15. The van der Waals surface area contributed by atoms with Crippen LogP contribution in [0.2, 0.25) is 0 Å². The minimum absolute atomic E-state index is 0.0937. The molecule has 0 amide bonds. The highest BCUT2D eigenvalue weighted by molar-refractivity contribution is 5.90. The van der Waals surface area contributed by atoms with Crippen LogP contribution in [0.15, 0.2) is 0 Å². The number of aliphatic hydroxyl groups excluding tert-OH is 2. The summed E-state index contributed by atoms with van der Waals surface area (Å²) in [5, 5.41) is 20.7. The van der Waals surface area contributed by atoms with Gasteiger partial charge in [-0.25, -0.2) is 0 Å². The number of rotatable bonds is 5. The molecule has 0 bridgehead atoms. The summed E-state index contributed by atoms with van der Waals surface area (Å²) in [6.07, 6.45) is 9.32. The van der Waals surface area contributed by atoms with Gasteiger partial charge in [-0.15, -0.1) is 0 Å². The maximum Gasteiger partial charge on any atom is 0.139 e. The molecule has 24 heavy (non-hydrogen) atoms. The Morgan fingerprint density at radius 3 is 2.67 bits per heavy atom. The smallest absolute Gasteiger partial charge is 0.139 e. The second kappa shape index (κ2) is 8.02. The average Bonchev–Trinajstić information content (AvgIpc) is 3.06. The first-order chi connectivity index (χ1) is 11.6. The third-order valence-corrected chi connectivity index (χ3v) is 6.58. The molecule has 2 N–H and O–H groups in total. The summed E-state index contributed by atoms with van der Waals surface area (Å²) in [6, 6.07) is 0. The molecule has 6 atom stereocenters. The van der Waals surface area contributed by atoms with Gasteiger partial charge in [0.05, 0.1) is 12.0 Å². The minimum Gasteiger partial charge on any atom is -0.392 e. The van der Waals surface area contributed by atoms with E-state index in [1.54, 1.807) is 0 Å². The molecule has 3 nitrogen and oxygen atoms in total. The van der Waals surface area contributed by atoms with Crippen molar-refractivity contribution in [3.63, 3.8) is 0 Å². The molecule has 0 saturated heterocycles. The Bertz CT molecular complexity index is 497. The normalized spacial score (nSPS) is 37.3. The number of carbonyl (C=O) groups is 1. The van der Waals surface area contributed by atoms with Gasteiger partial charge in [0.2, 0.25) is 0 Å². The fourth-order valence-corrected chi connectivity index (χ4v) is 5.20. The highest BCUT2D eigenvalue weighted by atomic mass is 16.3. The Hall–Kier alpha value is -0.850. The predicted octanol–water partition coefficient (Wildman–Crippen LogP) is 3.32. The third kappa shape index (κ3) is 3.70. The predicted molar refractivity (Wildman–Crippen MR) is 94.1 cm³/mol. The first-order valence-corrected chi connectivity index (χ1v) is 10.0. The highest BCUT2D eigenvalue weighted by Gasteiger charge is 2.55. The molecule has 3 aliphatic carbocycles. The van der Waals surface area contributed by atoms with Crippen molar-refractivity contribution in [3.05, 3.63) is 0 Å². The summed E-state index contributed by atoms with van der Waals surface area (Å²) in [5.74, 6) is 7.54. The molecule has 1 unspecified atom stereocenters. The van der Waals surface area contributed by atoms with E-state index in [0.717, 1.165) is 32.1 Å². The molecule has 134 valence electrons. The molecule has 0 radical (unpaired) electrons. The standard InChI is InChI=1S/C21H32O3/c1-2-3-8-17-20-16(19(23)12-11-18(20)21(17)24)10-9-15(22)13-14-6-4-5-7-14/h14-20,22-23H,2-8,11-13H2,1H3/t15-,16+,17?,18+,19-,20+/m1/s1. The van der Waals surface area contributed by atoms with Gasteiger partial charge in [0.1, 0.15) is 11.9 Å². The Balaban J connectivity index is 1.63. The lowest BCUT2D eigenvalue weighted by Gasteiger charge is -2.50. The van der Waals surface area contributed by atoms with Crippen LogP contribution in [0.5, 0.6) is 0 Å². The van der Waals surface area contributed by atoms with Crippen molar-refractivity contribution in [2.75, 3.05) is 0 Å². The number of unbranched alkanes of at least 4 members (excludes halogenated alkanes) is 1. The molecule has 0 heterocycles. The van der Waals surface area contributed by atoms with E-state index >= 15 is 0 Å². The molecule has 3 saturated carbocycles. The monoisotopic (exact) mass is 332 g/mol. The number of aliphatic hydroxyl groups is 2. The van der Waals surface area contributed by atoms with Crippen LogP contribution >= 0.6 is 0 Å². The zero-order valence-electron chi connectivity index (χ0n) is 14.9. The Morgan fingerprint density at radius 1 is 1.21 bits per heavy atom. The van der Waals surface area contributed by atoms with Crippen LogP contribution in [0.25, 0.3) is 0 Å². The molecule has 0 aliphatic heterocycles. The van der Waals surface area contributed by atoms with Gasteiger partial charge in [0, 0.05) is 11.8 Å². The van der Waals surface area contributed by atoms with E-state index in [1.807, 2.05) is 0 Å². The van der Waals surface area contributed by atoms with Gasteiger partial charge < -0.3 is 10.2 Å². The van der Waals surface area contributed by atoms with E-state index in [0.29, 0.717) is 18.1 Å². The number of carbonyl (C=O) groups excluding carboxylic acids is 1. The maximum atomic E-state index is 12.3. The number of hydrogen-bond acceptors (Lipinski definition) is 3. The van der Waals surface area contributed by atoms with Crippen LogP contribution in [0.1, 0.15) is 71.1 Å². The fourth-order valence-electron chi connectivity index (χ4n) is 5.20. The quantitative estimate of drug-likeness (QED) is 0.759. The summed E-state index contributed by atoms with van der Waals surface area (Å²) in [7, 11) is 0. The second-order valence-electron chi connectivity index (χ2n) is 8.20. The van der Waals surface area contributed by atoms with Crippen molar-refractivity contribution in [2.24, 2.45) is 29.6 Å². The van der Waals surface area contributed by atoms with E-state index in [-0.39, 0.29) is 23.7 Å². The molecule has 0 aromatic rings. The molecule has 0 spiro atoms. The highest BCUT2D eigenvalue weighted by Crippen LogP contribution is 2.51. The SMILES string of the molecule is CCCCC1C(=O)[C@H]2CC[C@@H](O)[C@H](C#C[C@@H](O)CC3CCCC3)[C@@H]12. The Kier molecular flexibility index (Phi) is 6.00. The van der Waals surface area contributed by atoms with Crippen molar-refractivity contribution in [2.45, 2.75) is 83.3 Å². The Morgan fingerprint density at radius 2 is 1.96 bits per heavy atom. The number of Topliss-reactive ketones (excluding diaryl/α,β-unsaturated/α-hetero) is 1. The van der Waals surface area contributed by atoms with E-state index in [9.17, 15) is 15.0 Å². The van der Waals surface area contributed by atoms with Crippen LogP contribution in [0.3, 0.4) is 0 Å². The van der Waals surface area contributed by atoms with Crippen LogP contribution in [-0.2, 0) is 4.79 Å². The third-order valence-electron chi connectivity index (χ3n) is 6.58. The lowest BCUT2D eigenvalue weighted by atomic mass is 9.52. The van der Waals surface area contributed by atoms with Crippen molar-refractivity contribution < 1.29 is 15.0 Å². The topological polar surface area (TPSA) is 57.5 Å². The van der Waals surface area contributed by atoms with Crippen LogP contribution in [-0.4, -0.2) is 28.2 Å². The van der Waals surface area contributed by atoms with E-state index in [4.69, 9.17) is 0 Å². The molecular formula is C21H32O3. The lowest BCUT2D eigenvalue weighted by molar-refractivity contribution is -0.154. The van der Waals surface area contributed by atoms with E-state index in [2.05, 4.69) is 18.8 Å². The van der Waals surface area contributed by atoms with Gasteiger partial charge >= 0.3 is 0 Å². The summed E-state index contributed by atoms with van der Waals surface area (Å²) < 4.78 is 0. The average molecular weight is 332 g/mol. The molecular weight excluding hydrogens is 300 g/mol. The lowest BCUT2D eigenvalue weighted by Crippen LogP contribution is -2.56. The van der Waals surface area contributed by atoms with Crippen molar-refractivity contribution >= 4 is 5.78 Å². The maximum absolute atomic E-state index is 12.3. The molecule has 3 heteroatoms. The van der Waals surface area contributed by atoms with Crippen molar-refractivity contribution in [1.82, 2.24) is 0 Å². The van der Waals surface area contributed by atoms with Gasteiger partial charge in [-0.05, 0) is 37.5 Å². The number of fused-ring (bicyclic) bond motifs is 1. The van der Waals surface area contributed by atoms with Gasteiger partial charge in [-0.1, -0.05) is 57.3 Å². The van der Waals surface area contributed by atoms with Crippen LogP contribution < -0.4 is 0 Å². The molecule has 0 aromatic carbocycles. The molecule has 0 aromatic heterocycles. The van der Waals surface area contributed by atoms with Crippen molar-refractivity contribution in [1.29, 1.82) is 0 Å². The largest absolute Gasteiger partial charge is 0.392 e. The van der Waals surface area contributed by atoms with Gasteiger partial charge in [0.15, 0.2) is 0 Å². The zero-order valence-corrected chi connectivity index (χ0v) is 14.9. The Labute approximate surface area is 146 Å². The first-order valence-electron chi connectivity index (χ1n) is 10.0.